The summed E-state index contributed by atoms with van der Waals surface area (Å²) >= 11 is 0. The Labute approximate surface area is 173 Å². The maximum atomic E-state index is 14.5. The predicted octanol–water partition coefficient (Wildman–Crippen LogP) is 7.83. The molecule has 0 amide bonds. The molecule has 0 saturated heterocycles. The summed E-state index contributed by atoms with van der Waals surface area (Å²) in [5.74, 6) is -0.596. The Hall–Kier alpha value is -2.42. The van der Waals surface area contributed by atoms with Gasteiger partial charge in [-0.25, -0.2) is 4.39 Å². The monoisotopic (exact) mass is 396 g/mol. The minimum absolute atomic E-state index is 0.0410. The second kappa shape index (κ2) is 10.4. The van der Waals surface area contributed by atoms with E-state index in [9.17, 15) is 8.78 Å². The van der Waals surface area contributed by atoms with Crippen molar-refractivity contribution in [1.29, 1.82) is 0 Å². The summed E-state index contributed by atoms with van der Waals surface area (Å²) in [6.45, 7) is 5.80. The molecule has 0 heterocycles. The van der Waals surface area contributed by atoms with Crippen LogP contribution in [0, 0.1) is 17.6 Å². The van der Waals surface area contributed by atoms with Crippen molar-refractivity contribution in [3.05, 3.63) is 78.4 Å². The molecule has 3 rings (SSSR count). The van der Waals surface area contributed by atoms with Gasteiger partial charge in [-0.15, -0.1) is 6.58 Å². The van der Waals surface area contributed by atoms with Crippen LogP contribution in [0.1, 0.15) is 56.9 Å². The van der Waals surface area contributed by atoms with Crippen molar-refractivity contribution >= 4 is 0 Å². The van der Waals surface area contributed by atoms with Crippen molar-refractivity contribution in [3.63, 3.8) is 0 Å². The van der Waals surface area contributed by atoms with Crippen LogP contribution in [0.25, 0.3) is 11.1 Å². The van der Waals surface area contributed by atoms with Crippen LogP contribution in [-0.2, 0) is 0 Å². The number of hydrogen-bond acceptors (Lipinski definition) is 1. The van der Waals surface area contributed by atoms with Crippen LogP contribution in [0.2, 0.25) is 0 Å². The van der Waals surface area contributed by atoms with Crippen molar-refractivity contribution in [1.82, 2.24) is 0 Å². The molecule has 0 N–H and O–H groups in total. The average Bonchev–Trinajstić information content (AvgIpc) is 2.75. The first kappa shape index (κ1) is 21.3. The molecule has 1 aliphatic carbocycles. The van der Waals surface area contributed by atoms with Gasteiger partial charge >= 0.3 is 0 Å². The molecule has 0 spiro atoms. The molecule has 0 bridgehead atoms. The Morgan fingerprint density at radius 2 is 1.69 bits per heavy atom. The third kappa shape index (κ3) is 5.35. The van der Waals surface area contributed by atoms with Crippen molar-refractivity contribution in [2.75, 3.05) is 6.61 Å². The summed E-state index contributed by atoms with van der Waals surface area (Å²) in [6.07, 6.45) is 13.5. The number of benzene rings is 2. The highest BCUT2D eigenvalue weighted by Gasteiger charge is 2.21. The van der Waals surface area contributed by atoms with Crippen LogP contribution in [-0.4, -0.2) is 6.61 Å². The number of halogens is 2. The molecule has 0 radical (unpaired) electrons. The molecule has 1 fully saturated rings. The summed E-state index contributed by atoms with van der Waals surface area (Å²) in [4.78, 5) is 0. The van der Waals surface area contributed by atoms with Gasteiger partial charge in [0, 0.05) is 5.56 Å². The lowest BCUT2D eigenvalue weighted by Crippen LogP contribution is -2.11. The number of hydrogen-bond donors (Lipinski definition) is 0. The molecule has 1 saturated carbocycles. The molecule has 2 aromatic rings. The van der Waals surface area contributed by atoms with Crippen molar-refractivity contribution < 1.29 is 13.5 Å². The smallest absolute Gasteiger partial charge is 0.201 e. The normalized spacial score (nSPS) is 19.4. The van der Waals surface area contributed by atoms with Gasteiger partial charge in [0.2, 0.25) is 5.82 Å². The highest BCUT2D eigenvalue weighted by Crippen LogP contribution is 2.37. The first-order chi connectivity index (χ1) is 14.1. The van der Waals surface area contributed by atoms with E-state index in [1.807, 2.05) is 18.2 Å². The van der Waals surface area contributed by atoms with Crippen molar-refractivity contribution in [3.8, 4) is 16.9 Å². The fraction of sp³-hybridized carbons (Fsp3) is 0.385. The zero-order valence-electron chi connectivity index (χ0n) is 17.2. The molecule has 1 aliphatic rings. The molecular weight excluding hydrogens is 366 g/mol. The van der Waals surface area contributed by atoms with Crippen LogP contribution in [0.15, 0.2) is 61.2 Å². The summed E-state index contributed by atoms with van der Waals surface area (Å²) < 4.78 is 33.7. The standard InChI is InChI=1S/C26H30F2O/c1-3-5-6-7-8-19-9-11-20(12-10-19)21-13-15-22(16-14-21)23-17-18-24(29-4-2)26(28)25(23)27/h3,7-8,13-20H,1,4-6,9-12H2,2H3. The van der Waals surface area contributed by atoms with Gasteiger partial charge in [-0.1, -0.05) is 42.5 Å². The van der Waals surface area contributed by atoms with E-state index in [1.165, 1.54) is 37.3 Å². The molecule has 1 nitrogen and oxygen atoms in total. The Balaban J connectivity index is 1.63. The third-order valence-electron chi connectivity index (χ3n) is 5.76. The predicted molar refractivity (Wildman–Crippen MR) is 116 cm³/mol. The van der Waals surface area contributed by atoms with E-state index in [4.69, 9.17) is 4.74 Å². The molecule has 29 heavy (non-hydrogen) atoms. The molecule has 0 aliphatic heterocycles. The van der Waals surface area contributed by atoms with Crippen LogP contribution in [0.3, 0.4) is 0 Å². The molecule has 2 aromatic carbocycles. The van der Waals surface area contributed by atoms with Crippen molar-refractivity contribution in [2.45, 2.75) is 51.4 Å². The van der Waals surface area contributed by atoms with Gasteiger partial charge in [0.1, 0.15) is 0 Å². The number of ether oxygens (including phenoxy) is 1. The van der Waals surface area contributed by atoms with E-state index in [-0.39, 0.29) is 11.3 Å². The SMILES string of the molecule is C=CCCC=CC1CCC(c2ccc(-c3ccc(OCC)c(F)c3F)cc2)CC1. The third-order valence-corrected chi connectivity index (χ3v) is 5.76. The lowest BCUT2D eigenvalue weighted by atomic mass is 9.78. The van der Waals surface area contributed by atoms with E-state index in [0.717, 1.165) is 12.8 Å². The maximum absolute atomic E-state index is 14.5. The Kier molecular flexibility index (Phi) is 7.62. The Bertz CT molecular complexity index is 831. The van der Waals surface area contributed by atoms with Gasteiger partial charge in [0.05, 0.1) is 6.61 Å². The minimum atomic E-state index is -0.923. The largest absolute Gasteiger partial charge is 0.491 e. The van der Waals surface area contributed by atoms with Crippen LogP contribution >= 0.6 is 0 Å². The first-order valence-corrected chi connectivity index (χ1v) is 10.6. The lowest BCUT2D eigenvalue weighted by molar-refractivity contribution is 0.314. The van der Waals surface area contributed by atoms with E-state index in [1.54, 1.807) is 13.0 Å². The van der Waals surface area contributed by atoms with Crippen LogP contribution < -0.4 is 4.74 Å². The molecule has 0 aromatic heterocycles. The first-order valence-electron chi connectivity index (χ1n) is 10.6. The van der Waals surface area contributed by atoms with Crippen molar-refractivity contribution in [2.24, 2.45) is 5.92 Å². The van der Waals surface area contributed by atoms with Gasteiger partial charge in [-0.05, 0) is 80.5 Å². The van der Waals surface area contributed by atoms with Gasteiger partial charge in [0.15, 0.2) is 11.6 Å². The lowest BCUT2D eigenvalue weighted by Gasteiger charge is -2.27. The molecule has 0 unspecified atom stereocenters. The van der Waals surface area contributed by atoms with Crippen LogP contribution in [0.5, 0.6) is 5.75 Å². The highest BCUT2D eigenvalue weighted by molar-refractivity contribution is 5.65. The Morgan fingerprint density at radius 1 is 0.966 bits per heavy atom. The summed E-state index contributed by atoms with van der Waals surface area (Å²) in [7, 11) is 0. The van der Waals surface area contributed by atoms with Gasteiger partial charge in [-0.2, -0.15) is 4.39 Å². The maximum Gasteiger partial charge on any atom is 0.201 e. The zero-order valence-corrected chi connectivity index (χ0v) is 17.2. The van der Waals surface area contributed by atoms with E-state index < -0.39 is 11.6 Å². The van der Waals surface area contributed by atoms with Gasteiger partial charge in [-0.3, -0.25) is 0 Å². The van der Waals surface area contributed by atoms with Gasteiger partial charge in [0.25, 0.3) is 0 Å². The van der Waals surface area contributed by atoms with E-state index >= 15 is 0 Å². The molecule has 0 atom stereocenters. The van der Waals surface area contributed by atoms with E-state index in [0.29, 0.717) is 24.0 Å². The molecule has 3 heteroatoms. The number of allylic oxidation sites excluding steroid dienone is 3. The number of unbranched alkanes of at least 4 members (excludes halogenated alkanes) is 1. The molecular formula is C26H30F2O. The zero-order chi connectivity index (χ0) is 20.6. The minimum Gasteiger partial charge on any atom is -0.491 e. The Morgan fingerprint density at radius 3 is 2.34 bits per heavy atom. The summed E-state index contributed by atoms with van der Waals surface area (Å²) in [6, 6.07) is 11.0. The fourth-order valence-electron chi connectivity index (χ4n) is 4.10. The quantitative estimate of drug-likeness (QED) is 0.326. The van der Waals surface area contributed by atoms with Gasteiger partial charge < -0.3 is 4.74 Å². The number of rotatable bonds is 8. The fourth-order valence-corrected chi connectivity index (χ4v) is 4.10. The average molecular weight is 397 g/mol. The van der Waals surface area contributed by atoms with E-state index in [2.05, 4.69) is 30.9 Å². The second-order valence-electron chi connectivity index (χ2n) is 7.70. The second-order valence-corrected chi connectivity index (χ2v) is 7.70. The topological polar surface area (TPSA) is 9.23 Å². The van der Waals surface area contributed by atoms with Crippen LogP contribution in [0.4, 0.5) is 8.78 Å². The summed E-state index contributed by atoms with van der Waals surface area (Å²) in [5.41, 5.74) is 2.24. The highest BCUT2D eigenvalue weighted by atomic mass is 19.2. The summed E-state index contributed by atoms with van der Waals surface area (Å²) in [5, 5.41) is 0. The molecule has 154 valence electrons.